The topological polar surface area (TPSA) is 72.7 Å². The minimum absolute atomic E-state index is 0.0771. The van der Waals surface area contributed by atoms with Crippen molar-refractivity contribution in [2.24, 2.45) is 5.92 Å². The van der Waals surface area contributed by atoms with Crippen LogP contribution < -0.4 is 5.32 Å². The van der Waals surface area contributed by atoms with E-state index < -0.39 is 5.97 Å². The molecule has 21 heavy (non-hydrogen) atoms. The van der Waals surface area contributed by atoms with Crippen molar-refractivity contribution in [2.75, 3.05) is 13.2 Å². The van der Waals surface area contributed by atoms with E-state index in [9.17, 15) is 9.59 Å². The van der Waals surface area contributed by atoms with Crippen LogP contribution >= 0.6 is 11.3 Å². The number of carbonyl (C=O) groups is 2. The van der Waals surface area contributed by atoms with Gasteiger partial charge in [0.05, 0.1) is 12.1 Å². The van der Waals surface area contributed by atoms with Gasteiger partial charge in [-0.1, -0.05) is 13.8 Å². The van der Waals surface area contributed by atoms with Crippen LogP contribution in [0.15, 0.2) is 17.8 Å². The average Bonchev–Trinajstić information content (AvgIpc) is 2.96. The molecule has 0 saturated carbocycles. The standard InChI is InChI=1S/C14H19N3O3S/c1-10(2)3-4-15-12(18)9-20-13(19)7-11-8-17-5-6-21-14(17)16-11/h5-6,8,10H,3-4,7,9H2,1-2H3,(H,15,18). The van der Waals surface area contributed by atoms with Crippen molar-refractivity contribution >= 4 is 28.2 Å². The van der Waals surface area contributed by atoms with Crippen LogP contribution in [0.5, 0.6) is 0 Å². The van der Waals surface area contributed by atoms with E-state index in [1.165, 1.54) is 11.3 Å². The SMILES string of the molecule is CC(C)CCNC(=O)COC(=O)Cc1cn2ccsc2n1. The molecule has 2 aromatic heterocycles. The highest BCUT2D eigenvalue weighted by Crippen LogP contribution is 2.11. The van der Waals surface area contributed by atoms with E-state index in [0.29, 0.717) is 18.2 Å². The second-order valence-corrected chi connectivity index (χ2v) is 6.07. The molecule has 2 rings (SSSR count). The van der Waals surface area contributed by atoms with E-state index in [0.717, 1.165) is 11.4 Å². The number of esters is 1. The summed E-state index contributed by atoms with van der Waals surface area (Å²) in [5.41, 5.74) is 0.645. The van der Waals surface area contributed by atoms with Crippen LogP contribution in [0.25, 0.3) is 4.96 Å². The number of hydrogen-bond donors (Lipinski definition) is 1. The minimum Gasteiger partial charge on any atom is -0.455 e. The molecule has 0 aliphatic carbocycles. The Kier molecular flexibility index (Phi) is 5.32. The fourth-order valence-electron chi connectivity index (χ4n) is 1.76. The summed E-state index contributed by atoms with van der Waals surface area (Å²) in [6.07, 6.45) is 4.65. The molecular formula is C14H19N3O3S. The molecule has 1 N–H and O–H groups in total. The first-order valence-electron chi connectivity index (χ1n) is 6.88. The second-order valence-electron chi connectivity index (χ2n) is 5.20. The van der Waals surface area contributed by atoms with Crippen molar-refractivity contribution in [3.05, 3.63) is 23.5 Å². The molecule has 114 valence electrons. The monoisotopic (exact) mass is 309 g/mol. The van der Waals surface area contributed by atoms with Gasteiger partial charge >= 0.3 is 5.97 Å². The predicted octanol–water partition coefficient (Wildman–Crippen LogP) is 1.64. The molecule has 6 nitrogen and oxygen atoms in total. The Bertz CT molecular complexity index is 589. The lowest BCUT2D eigenvalue weighted by atomic mass is 10.1. The summed E-state index contributed by atoms with van der Waals surface area (Å²) in [7, 11) is 0. The van der Waals surface area contributed by atoms with Crippen molar-refractivity contribution in [3.63, 3.8) is 0 Å². The van der Waals surface area contributed by atoms with Gasteiger partial charge in [-0.25, -0.2) is 4.98 Å². The highest BCUT2D eigenvalue weighted by atomic mass is 32.1. The molecule has 2 aromatic rings. The molecule has 0 aliphatic heterocycles. The van der Waals surface area contributed by atoms with Gasteiger partial charge in [-0.2, -0.15) is 0 Å². The van der Waals surface area contributed by atoms with Crippen LogP contribution in [0, 0.1) is 5.92 Å². The van der Waals surface area contributed by atoms with E-state index in [2.05, 4.69) is 24.1 Å². The Morgan fingerprint density at radius 3 is 3.00 bits per heavy atom. The third kappa shape index (κ3) is 4.86. The summed E-state index contributed by atoms with van der Waals surface area (Å²) in [6, 6.07) is 0. The van der Waals surface area contributed by atoms with Gasteiger partial charge in [-0.3, -0.25) is 14.0 Å². The van der Waals surface area contributed by atoms with Crippen molar-refractivity contribution in [1.82, 2.24) is 14.7 Å². The first kappa shape index (κ1) is 15.5. The lowest BCUT2D eigenvalue weighted by Gasteiger charge is -2.07. The number of fused-ring (bicyclic) bond motifs is 1. The molecule has 0 aromatic carbocycles. The Balaban J connectivity index is 1.69. The highest BCUT2D eigenvalue weighted by molar-refractivity contribution is 7.15. The van der Waals surface area contributed by atoms with Gasteiger partial charge in [0.15, 0.2) is 11.6 Å². The zero-order valence-electron chi connectivity index (χ0n) is 12.2. The van der Waals surface area contributed by atoms with Crippen molar-refractivity contribution in [2.45, 2.75) is 26.7 Å². The molecule has 0 spiro atoms. The number of rotatable bonds is 7. The van der Waals surface area contributed by atoms with Gasteiger partial charge < -0.3 is 10.1 Å². The molecule has 0 fully saturated rings. The van der Waals surface area contributed by atoms with E-state index in [1.807, 2.05) is 16.0 Å². The zero-order chi connectivity index (χ0) is 15.2. The molecular weight excluding hydrogens is 290 g/mol. The lowest BCUT2D eigenvalue weighted by Crippen LogP contribution is -2.30. The lowest BCUT2D eigenvalue weighted by molar-refractivity contribution is -0.147. The van der Waals surface area contributed by atoms with Crippen molar-refractivity contribution in [3.8, 4) is 0 Å². The average molecular weight is 309 g/mol. The Labute approximate surface area is 127 Å². The largest absolute Gasteiger partial charge is 0.455 e. The highest BCUT2D eigenvalue weighted by Gasteiger charge is 2.11. The number of amides is 1. The van der Waals surface area contributed by atoms with E-state index >= 15 is 0 Å². The molecule has 0 aliphatic rings. The molecule has 0 saturated heterocycles. The minimum atomic E-state index is -0.445. The third-order valence-electron chi connectivity index (χ3n) is 2.88. The second kappa shape index (κ2) is 7.21. The Morgan fingerprint density at radius 2 is 2.29 bits per heavy atom. The fourth-order valence-corrected chi connectivity index (χ4v) is 2.48. The van der Waals surface area contributed by atoms with Gasteiger partial charge in [-0.15, -0.1) is 11.3 Å². The van der Waals surface area contributed by atoms with E-state index in [-0.39, 0.29) is 18.9 Å². The molecule has 0 unspecified atom stereocenters. The van der Waals surface area contributed by atoms with E-state index in [1.54, 1.807) is 6.20 Å². The van der Waals surface area contributed by atoms with Crippen LogP contribution in [-0.4, -0.2) is 34.4 Å². The summed E-state index contributed by atoms with van der Waals surface area (Å²) in [4.78, 5) is 28.3. The Hall–Kier alpha value is -1.89. The summed E-state index contributed by atoms with van der Waals surface area (Å²) < 4.78 is 6.79. The fraction of sp³-hybridized carbons (Fsp3) is 0.500. The molecule has 1 amide bonds. The summed E-state index contributed by atoms with van der Waals surface area (Å²) >= 11 is 1.50. The number of thiazole rings is 1. The molecule has 0 bridgehead atoms. The van der Waals surface area contributed by atoms with Gasteiger partial charge in [0.1, 0.15) is 0 Å². The number of aromatic nitrogens is 2. The number of nitrogens with zero attached hydrogens (tertiary/aromatic N) is 2. The molecule has 0 radical (unpaired) electrons. The first-order chi connectivity index (χ1) is 10.0. The zero-order valence-corrected chi connectivity index (χ0v) is 13.0. The quantitative estimate of drug-likeness (QED) is 0.789. The number of nitrogens with one attached hydrogen (secondary N) is 1. The molecule has 0 atom stereocenters. The maximum atomic E-state index is 11.6. The Morgan fingerprint density at radius 1 is 1.48 bits per heavy atom. The summed E-state index contributed by atoms with van der Waals surface area (Å²) in [5.74, 6) is -0.183. The first-order valence-corrected chi connectivity index (χ1v) is 7.76. The van der Waals surface area contributed by atoms with Crippen LogP contribution in [0.3, 0.4) is 0 Å². The third-order valence-corrected chi connectivity index (χ3v) is 3.65. The van der Waals surface area contributed by atoms with Crippen LogP contribution in [-0.2, 0) is 20.7 Å². The normalized spacial score (nSPS) is 11.0. The number of ether oxygens (including phenoxy) is 1. The van der Waals surface area contributed by atoms with Crippen molar-refractivity contribution < 1.29 is 14.3 Å². The van der Waals surface area contributed by atoms with E-state index in [4.69, 9.17) is 4.74 Å². The maximum Gasteiger partial charge on any atom is 0.312 e. The smallest absolute Gasteiger partial charge is 0.312 e. The summed E-state index contributed by atoms with van der Waals surface area (Å²) in [5, 5.41) is 4.64. The van der Waals surface area contributed by atoms with Crippen molar-refractivity contribution in [1.29, 1.82) is 0 Å². The number of imidazole rings is 1. The maximum absolute atomic E-state index is 11.6. The van der Waals surface area contributed by atoms with Gasteiger partial charge in [0.2, 0.25) is 0 Å². The summed E-state index contributed by atoms with van der Waals surface area (Å²) in [6.45, 7) is 4.54. The molecule has 7 heteroatoms. The number of carbonyl (C=O) groups excluding carboxylic acids is 2. The van der Waals surface area contributed by atoms with Gasteiger partial charge in [0.25, 0.3) is 5.91 Å². The predicted molar refractivity (Wildman–Crippen MR) is 80.2 cm³/mol. The van der Waals surface area contributed by atoms with Crippen LogP contribution in [0.2, 0.25) is 0 Å². The van der Waals surface area contributed by atoms with Gasteiger partial charge in [0, 0.05) is 24.3 Å². The number of hydrogen-bond acceptors (Lipinski definition) is 5. The van der Waals surface area contributed by atoms with Crippen LogP contribution in [0.1, 0.15) is 26.0 Å². The molecule has 2 heterocycles. The van der Waals surface area contributed by atoms with Gasteiger partial charge in [-0.05, 0) is 12.3 Å². The van der Waals surface area contributed by atoms with Crippen LogP contribution in [0.4, 0.5) is 0 Å².